The van der Waals surface area contributed by atoms with Crippen LogP contribution in [0.4, 0.5) is 13.2 Å². The van der Waals surface area contributed by atoms with Gasteiger partial charge in [0.25, 0.3) is 0 Å². The van der Waals surface area contributed by atoms with Crippen molar-refractivity contribution < 1.29 is 13.2 Å². The molecule has 2 aromatic rings. The summed E-state index contributed by atoms with van der Waals surface area (Å²) in [6.07, 6.45) is -3.69. The van der Waals surface area contributed by atoms with Gasteiger partial charge in [0.05, 0.1) is 5.56 Å². The van der Waals surface area contributed by atoms with Crippen LogP contribution >= 0.6 is 0 Å². The predicted molar refractivity (Wildman–Crippen MR) is 82.5 cm³/mol. The summed E-state index contributed by atoms with van der Waals surface area (Å²) in [4.78, 5) is 2.15. The number of hydrogen-bond donors (Lipinski definition) is 0. The van der Waals surface area contributed by atoms with Gasteiger partial charge >= 0.3 is 6.18 Å². The molecule has 0 aromatic heterocycles. The molecule has 1 nitrogen and oxygen atoms in total. The molecule has 118 valence electrons. The molecule has 2 aromatic carbocycles. The molecule has 22 heavy (non-hydrogen) atoms. The van der Waals surface area contributed by atoms with Crippen LogP contribution in [0.1, 0.15) is 23.6 Å². The molecule has 4 heteroatoms. The molecule has 2 rings (SSSR count). The van der Waals surface area contributed by atoms with Gasteiger partial charge in [0.1, 0.15) is 0 Å². The Morgan fingerprint density at radius 1 is 0.955 bits per heavy atom. The van der Waals surface area contributed by atoms with E-state index in [1.165, 1.54) is 17.7 Å². The van der Waals surface area contributed by atoms with Crippen molar-refractivity contribution in [2.24, 2.45) is 0 Å². The van der Waals surface area contributed by atoms with Crippen LogP contribution in [0.15, 0.2) is 54.6 Å². The minimum atomic E-state index is -4.28. The highest BCUT2D eigenvalue weighted by Gasteiger charge is 2.30. The molecule has 0 bridgehead atoms. The zero-order valence-electron chi connectivity index (χ0n) is 12.8. The van der Waals surface area contributed by atoms with Crippen LogP contribution in [-0.4, -0.2) is 18.0 Å². The first-order chi connectivity index (χ1) is 10.4. The highest BCUT2D eigenvalue weighted by Crippen LogP contribution is 2.29. The summed E-state index contributed by atoms with van der Waals surface area (Å²) in [6, 6.07) is 15.8. The number of hydrogen-bond acceptors (Lipinski definition) is 1. The van der Waals surface area contributed by atoms with Crippen LogP contribution in [0.5, 0.6) is 0 Å². The largest absolute Gasteiger partial charge is 0.416 e. The summed E-state index contributed by atoms with van der Waals surface area (Å²) in [5, 5.41) is 0. The van der Waals surface area contributed by atoms with Crippen LogP contribution in [0, 0.1) is 0 Å². The van der Waals surface area contributed by atoms with Gasteiger partial charge in [0.2, 0.25) is 0 Å². The molecule has 0 radical (unpaired) electrons. The number of halogens is 3. The van der Waals surface area contributed by atoms with E-state index in [1.54, 1.807) is 6.07 Å². The molecule has 1 unspecified atom stereocenters. The first-order valence-electron chi connectivity index (χ1n) is 7.26. The Labute approximate surface area is 129 Å². The van der Waals surface area contributed by atoms with Gasteiger partial charge in [-0.3, -0.25) is 4.90 Å². The van der Waals surface area contributed by atoms with E-state index >= 15 is 0 Å². The van der Waals surface area contributed by atoms with Crippen LogP contribution in [0.25, 0.3) is 0 Å². The minimum absolute atomic E-state index is 0.156. The van der Waals surface area contributed by atoms with E-state index in [2.05, 4.69) is 4.90 Å². The van der Waals surface area contributed by atoms with Crippen LogP contribution in [-0.2, 0) is 19.1 Å². The smallest absolute Gasteiger partial charge is 0.299 e. The van der Waals surface area contributed by atoms with E-state index in [1.807, 2.05) is 44.3 Å². The SMILES string of the molecule is CC(Cc1cccc(C(F)(F)F)c1)N(C)Cc1ccccc1. The third kappa shape index (κ3) is 4.60. The highest BCUT2D eigenvalue weighted by molar-refractivity contribution is 5.26. The molecule has 0 N–H and O–H groups in total. The Morgan fingerprint density at radius 2 is 1.59 bits per heavy atom. The molecule has 0 heterocycles. The highest BCUT2D eigenvalue weighted by atomic mass is 19.4. The van der Waals surface area contributed by atoms with Crippen molar-refractivity contribution in [2.45, 2.75) is 32.1 Å². The van der Waals surface area contributed by atoms with Gasteiger partial charge in [0.15, 0.2) is 0 Å². The third-order valence-corrected chi connectivity index (χ3v) is 3.81. The topological polar surface area (TPSA) is 3.24 Å². The van der Waals surface area contributed by atoms with E-state index in [-0.39, 0.29) is 6.04 Å². The molecule has 0 saturated carbocycles. The van der Waals surface area contributed by atoms with Gasteiger partial charge in [-0.15, -0.1) is 0 Å². The molecule has 0 amide bonds. The summed E-state index contributed by atoms with van der Waals surface area (Å²) in [5.41, 5.74) is 1.33. The zero-order valence-corrected chi connectivity index (χ0v) is 12.8. The maximum atomic E-state index is 12.7. The average molecular weight is 307 g/mol. The van der Waals surface area contributed by atoms with Crippen molar-refractivity contribution >= 4 is 0 Å². The van der Waals surface area contributed by atoms with Gasteiger partial charge in [-0.25, -0.2) is 0 Å². The Balaban J connectivity index is 2.01. The van der Waals surface area contributed by atoms with Crippen molar-refractivity contribution in [3.8, 4) is 0 Å². The lowest BCUT2D eigenvalue weighted by atomic mass is 10.0. The first-order valence-corrected chi connectivity index (χ1v) is 7.26. The quantitative estimate of drug-likeness (QED) is 0.769. The summed E-state index contributed by atoms with van der Waals surface area (Å²) in [7, 11) is 1.99. The second-order valence-corrected chi connectivity index (χ2v) is 5.65. The molecule has 0 aliphatic rings. The van der Waals surface area contributed by atoms with E-state index in [0.717, 1.165) is 12.6 Å². The van der Waals surface area contributed by atoms with Gasteiger partial charge in [-0.1, -0.05) is 48.5 Å². The Hall–Kier alpha value is -1.81. The fraction of sp³-hybridized carbons (Fsp3) is 0.333. The summed E-state index contributed by atoms with van der Waals surface area (Å²) < 4.78 is 38.2. The number of nitrogens with zero attached hydrogens (tertiary/aromatic N) is 1. The van der Waals surface area contributed by atoms with Crippen molar-refractivity contribution in [3.05, 3.63) is 71.3 Å². The van der Waals surface area contributed by atoms with Gasteiger partial charge in [-0.05, 0) is 37.6 Å². The van der Waals surface area contributed by atoms with Gasteiger partial charge < -0.3 is 0 Å². The van der Waals surface area contributed by atoms with Crippen LogP contribution in [0.2, 0.25) is 0 Å². The van der Waals surface area contributed by atoms with Crippen molar-refractivity contribution in [1.29, 1.82) is 0 Å². The maximum absolute atomic E-state index is 12.7. The second-order valence-electron chi connectivity index (χ2n) is 5.65. The second kappa shape index (κ2) is 6.97. The molecular formula is C18H20F3N. The molecule has 0 aliphatic heterocycles. The van der Waals surface area contributed by atoms with Crippen molar-refractivity contribution in [1.82, 2.24) is 4.90 Å². The summed E-state index contributed by atoms with van der Waals surface area (Å²) >= 11 is 0. The van der Waals surface area contributed by atoms with Crippen molar-refractivity contribution in [2.75, 3.05) is 7.05 Å². The fourth-order valence-corrected chi connectivity index (χ4v) is 2.40. The summed E-state index contributed by atoms with van der Waals surface area (Å²) in [5.74, 6) is 0. The molecule has 0 spiro atoms. The lowest BCUT2D eigenvalue weighted by molar-refractivity contribution is -0.137. The minimum Gasteiger partial charge on any atom is -0.299 e. The van der Waals surface area contributed by atoms with Crippen LogP contribution < -0.4 is 0 Å². The molecular weight excluding hydrogens is 287 g/mol. The fourth-order valence-electron chi connectivity index (χ4n) is 2.40. The third-order valence-electron chi connectivity index (χ3n) is 3.81. The Bertz CT molecular complexity index is 593. The molecule has 0 saturated heterocycles. The van der Waals surface area contributed by atoms with E-state index < -0.39 is 11.7 Å². The lowest BCUT2D eigenvalue weighted by Crippen LogP contribution is -2.30. The Morgan fingerprint density at radius 3 is 2.23 bits per heavy atom. The lowest BCUT2D eigenvalue weighted by Gasteiger charge is -2.25. The predicted octanol–water partition coefficient (Wildman–Crippen LogP) is 4.77. The molecule has 0 aliphatic carbocycles. The molecule has 1 atom stereocenters. The Kier molecular flexibility index (Phi) is 5.24. The number of likely N-dealkylation sites (N-methyl/N-ethyl adjacent to an activating group) is 1. The number of rotatable bonds is 5. The maximum Gasteiger partial charge on any atom is 0.416 e. The number of benzene rings is 2. The van der Waals surface area contributed by atoms with Gasteiger partial charge in [-0.2, -0.15) is 13.2 Å². The summed E-state index contributed by atoms with van der Waals surface area (Å²) in [6.45, 7) is 2.81. The number of alkyl halides is 3. The van der Waals surface area contributed by atoms with E-state index in [4.69, 9.17) is 0 Å². The van der Waals surface area contributed by atoms with E-state index in [9.17, 15) is 13.2 Å². The molecule has 0 fully saturated rings. The first kappa shape index (κ1) is 16.6. The van der Waals surface area contributed by atoms with Gasteiger partial charge in [0, 0.05) is 12.6 Å². The van der Waals surface area contributed by atoms with E-state index in [0.29, 0.717) is 12.0 Å². The normalized spacial score (nSPS) is 13.4. The van der Waals surface area contributed by atoms with Crippen LogP contribution in [0.3, 0.4) is 0 Å². The standard InChI is InChI=1S/C18H20F3N/c1-14(22(2)13-15-7-4-3-5-8-15)11-16-9-6-10-17(12-16)18(19,20)21/h3-10,12,14H,11,13H2,1-2H3. The monoisotopic (exact) mass is 307 g/mol. The average Bonchev–Trinajstić information content (AvgIpc) is 2.47. The van der Waals surface area contributed by atoms with Crippen molar-refractivity contribution in [3.63, 3.8) is 0 Å². The zero-order chi connectivity index (χ0) is 16.2.